The Morgan fingerprint density at radius 2 is 1.70 bits per heavy atom. The highest BCUT2D eigenvalue weighted by Gasteiger charge is 2.49. The van der Waals surface area contributed by atoms with Gasteiger partial charge in [0.15, 0.2) is 0 Å². The second-order valence-electron chi connectivity index (χ2n) is 12.0. The highest BCUT2D eigenvalue weighted by Crippen LogP contribution is 2.46. The number of morpholine rings is 1. The molecule has 12 heteroatoms. The first-order valence-electron chi connectivity index (χ1n) is 13.7. The van der Waals surface area contributed by atoms with E-state index >= 15 is 0 Å². The van der Waals surface area contributed by atoms with E-state index in [1.54, 1.807) is 30.6 Å². The molecule has 5 rings (SSSR count). The van der Waals surface area contributed by atoms with E-state index < -0.39 is 29.0 Å². The predicted molar refractivity (Wildman–Crippen MR) is 140 cm³/mol. The van der Waals surface area contributed by atoms with Crippen LogP contribution < -0.4 is 5.32 Å². The molecule has 2 saturated heterocycles. The van der Waals surface area contributed by atoms with Gasteiger partial charge in [-0.25, -0.2) is 9.59 Å². The number of aromatic amines is 1. The van der Waals surface area contributed by atoms with Crippen LogP contribution in [0.5, 0.6) is 0 Å². The Bertz CT molecular complexity index is 1210. The maximum Gasteiger partial charge on any atom is 0.416 e. The van der Waals surface area contributed by atoms with Gasteiger partial charge in [-0.05, 0) is 63.8 Å². The third kappa shape index (κ3) is 6.37. The van der Waals surface area contributed by atoms with Gasteiger partial charge < -0.3 is 24.6 Å². The Morgan fingerprint density at radius 3 is 2.30 bits per heavy atom. The Balaban J connectivity index is 1.36. The largest absolute Gasteiger partial charge is 0.444 e. The van der Waals surface area contributed by atoms with Gasteiger partial charge in [-0.15, -0.1) is 0 Å². The number of urea groups is 1. The number of ether oxygens (including phenoxy) is 2. The lowest BCUT2D eigenvalue weighted by Gasteiger charge is -2.41. The molecule has 0 spiro atoms. The van der Waals surface area contributed by atoms with Crippen LogP contribution in [-0.4, -0.2) is 77.1 Å². The molecule has 2 aromatic rings. The number of rotatable bonds is 4. The lowest BCUT2D eigenvalue weighted by atomic mass is 9.82. The Hall–Kier alpha value is -3.28. The van der Waals surface area contributed by atoms with Crippen LogP contribution in [-0.2, 0) is 21.2 Å². The number of alkyl halides is 3. The zero-order valence-corrected chi connectivity index (χ0v) is 23.0. The molecule has 2 aliphatic heterocycles. The van der Waals surface area contributed by atoms with E-state index in [9.17, 15) is 22.8 Å². The molecule has 2 atom stereocenters. The van der Waals surface area contributed by atoms with E-state index in [0.29, 0.717) is 51.5 Å². The fourth-order valence-corrected chi connectivity index (χ4v) is 5.48. The van der Waals surface area contributed by atoms with E-state index in [4.69, 9.17) is 9.47 Å². The molecule has 1 aromatic heterocycles. The van der Waals surface area contributed by atoms with Crippen molar-refractivity contribution in [3.05, 3.63) is 52.8 Å². The normalized spacial score (nSPS) is 23.1. The number of piperidine rings is 1. The average Bonchev–Trinajstić information content (AvgIpc) is 3.49. The van der Waals surface area contributed by atoms with Crippen molar-refractivity contribution < 1.29 is 32.2 Å². The maximum absolute atomic E-state index is 13.5. The molecule has 218 valence electrons. The van der Waals surface area contributed by atoms with Crippen LogP contribution in [0.2, 0.25) is 0 Å². The van der Waals surface area contributed by atoms with E-state index in [1.807, 2.05) is 6.07 Å². The average molecular weight is 564 g/mol. The van der Waals surface area contributed by atoms with Gasteiger partial charge in [-0.3, -0.25) is 5.10 Å². The first kappa shape index (κ1) is 28.3. The molecule has 3 amide bonds. The highest BCUT2D eigenvalue weighted by atomic mass is 19.4. The Morgan fingerprint density at radius 1 is 1.05 bits per heavy atom. The van der Waals surface area contributed by atoms with E-state index in [1.165, 1.54) is 12.1 Å². The Labute approximate surface area is 231 Å². The number of aromatic nitrogens is 2. The summed E-state index contributed by atoms with van der Waals surface area (Å²) in [6.45, 7) is 8.21. The third-order valence-corrected chi connectivity index (χ3v) is 7.73. The van der Waals surface area contributed by atoms with Crippen LogP contribution in [0.1, 0.15) is 74.4 Å². The van der Waals surface area contributed by atoms with Crippen molar-refractivity contribution in [2.45, 2.75) is 69.2 Å². The van der Waals surface area contributed by atoms with Crippen molar-refractivity contribution in [1.29, 1.82) is 0 Å². The van der Waals surface area contributed by atoms with Crippen LogP contribution in [0.15, 0.2) is 30.3 Å². The van der Waals surface area contributed by atoms with Gasteiger partial charge in [0.25, 0.3) is 0 Å². The molecule has 3 heterocycles. The number of nitrogens with zero attached hydrogens (tertiary/aromatic N) is 3. The number of hydrogen-bond acceptors (Lipinski definition) is 5. The summed E-state index contributed by atoms with van der Waals surface area (Å²) < 4.78 is 50.3. The number of benzene rings is 1. The minimum absolute atomic E-state index is 0.102. The van der Waals surface area contributed by atoms with Crippen molar-refractivity contribution in [1.82, 2.24) is 25.3 Å². The van der Waals surface area contributed by atoms with Crippen molar-refractivity contribution in [2.75, 3.05) is 39.4 Å². The van der Waals surface area contributed by atoms with Crippen molar-refractivity contribution in [2.24, 2.45) is 0 Å². The van der Waals surface area contributed by atoms with Crippen molar-refractivity contribution >= 4 is 12.1 Å². The van der Waals surface area contributed by atoms with Crippen LogP contribution in [0.4, 0.5) is 22.8 Å². The number of nitrogens with one attached hydrogen (secondary N) is 2. The molecule has 2 unspecified atom stereocenters. The summed E-state index contributed by atoms with van der Waals surface area (Å²) in [5.41, 5.74) is 0.363. The van der Waals surface area contributed by atoms with Crippen molar-refractivity contribution in [3.8, 4) is 0 Å². The minimum Gasteiger partial charge on any atom is -0.444 e. The molecular formula is C28H36F3N5O4. The standard InChI is InChI=1S/C28H36F3N5O4/c1-26(2,3)40-24(37)32-27(8-9-27)23-15-22(33-34-23)20-14-19(18-4-6-21(7-5-18)28(29,30)31)16-36(17-20)25(38)35-10-12-39-13-11-35/h4-7,15,19-20H,8-14,16-17H2,1-3H3,(H,32,37)(H,33,34). The molecule has 1 aliphatic carbocycles. The van der Waals surface area contributed by atoms with Crippen molar-refractivity contribution in [3.63, 3.8) is 0 Å². The molecule has 0 radical (unpaired) electrons. The molecule has 1 aromatic carbocycles. The number of alkyl carbamates (subject to hydrolysis) is 1. The molecule has 3 aliphatic rings. The predicted octanol–water partition coefficient (Wildman–Crippen LogP) is 4.97. The van der Waals surface area contributed by atoms with Gasteiger partial charge in [0.05, 0.1) is 30.0 Å². The third-order valence-electron chi connectivity index (χ3n) is 7.73. The molecular weight excluding hydrogens is 527 g/mol. The summed E-state index contributed by atoms with van der Waals surface area (Å²) in [4.78, 5) is 29.5. The zero-order valence-electron chi connectivity index (χ0n) is 23.0. The number of carbonyl (C=O) groups excluding carboxylic acids is 2. The monoisotopic (exact) mass is 563 g/mol. The number of H-pyrrole nitrogens is 1. The number of carbonyl (C=O) groups is 2. The Kier molecular flexibility index (Phi) is 7.49. The molecule has 40 heavy (non-hydrogen) atoms. The first-order valence-corrected chi connectivity index (χ1v) is 13.7. The number of halogens is 3. The highest BCUT2D eigenvalue weighted by molar-refractivity contribution is 5.75. The fraction of sp³-hybridized carbons (Fsp3) is 0.607. The topological polar surface area (TPSA) is 99.8 Å². The second kappa shape index (κ2) is 10.6. The quantitative estimate of drug-likeness (QED) is 0.548. The summed E-state index contributed by atoms with van der Waals surface area (Å²) in [5, 5.41) is 10.6. The van der Waals surface area contributed by atoms with Gasteiger partial charge in [0, 0.05) is 43.7 Å². The lowest BCUT2D eigenvalue weighted by molar-refractivity contribution is -0.137. The van der Waals surface area contributed by atoms with Gasteiger partial charge in [-0.2, -0.15) is 18.3 Å². The van der Waals surface area contributed by atoms with Gasteiger partial charge in [0.1, 0.15) is 5.60 Å². The molecule has 0 bridgehead atoms. The fourth-order valence-electron chi connectivity index (χ4n) is 5.48. The van der Waals surface area contributed by atoms with Crippen LogP contribution >= 0.6 is 0 Å². The van der Waals surface area contributed by atoms with Crippen LogP contribution in [0.3, 0.4) is 0 Å². The molecule has 2 N–H and O–H groups in total. The minimum atomic E-state index is -4.41. The van der Waals surface area contributed by atoms with E-state index in [2.05, 4.69) is 15.5 Å². The summed E-state index contributed by atoms with van der Waals surface area (Å²) in [5.74, 6) is -0.280. The summed E-state index contributed by atoms with van der Waals surface area (Å²) in [6, 6.07) is 7.04. The summed E-state index contributed by atoms with van der Waals surface area (Å²) in [7, 11) is 0. The van der Waals surface area contributed by atoms with E-state index in [0.717, 1.165) is 36.2 Å². The smallest absolute Gasteiger partial charge is 0.416 e. The number of amides is 3. The molecule has 3 fully saturated rings. The van der Waals surface area contributed by atoms with Gasteiger partial charge >= 0.3 is 18.3 Å². The molecule has 1 saturated carbocycles. The lowest BCUT2D eigenvalue weighted by Crippen LogP contribution is -2.52. The van der Waals surface area contributed by atoms with Gasteiger partial charge in [0.2, 0.25) is 0 Å². The maximum atomic E-state index is 13.5. The second-order valence-corrected chi connectivity index (χ2v) is 12.0. The summed E-state index contributed by atoms with van der Waals surface area (Å²) in [6.07, 6.45) is -2.82. The number of hydrogen-bond donors (Lipinski definition) is 2. The van der Waals surface area contributed by atoms with Crippen LogP contribution in [0.25, 0.3) is 0 Å². The van der Waals surface area contributed by atoms with E-state index in [-0.39, 0.29) is 17.9 Å². The van der Waals surface area contributed by atoms with Gasteiger partial charge in [-0.1, -0.05) is 12.1 Å². The molecule has 9 nitrogen and oxygen atoms in total. The SMILES string of the molecule is CC(C)(C)OC(=O)NC1(c2cc(C3CC(c4ccc(C(F)(F)F)cc4)CN(C(=O)N4CCOCC4)C3)[nH]n2)CC1. The summed E-state index contributed by atoms with van der Waals surface area (Å²) >= 11 is 0. The number of likely N-dealkylation sites (tertiary alicyclic amines) is 1. The first-order chi connectivity index (χ1) is 18.8. The van der Waals surface area contributed by atoms with Crippen LogP contribution in [0, 0.1) is 0 Å². The zero-order chi connectivity index (χ0) is 28.7.